The fraction of sp³-hybridized carbons (Fsp3) is 0.269. The van der Waals surface area contributed by atoms with Gasteiger partial charge in [0.25, 0.3) is 0 Å². The highest BCUT2D eigenvalue weighted by Crippen LogP contribution is 2.32. The second-order valence-corrected chi connectivity index (χ2v) is 8.67. The molecule has 0 unspecified atom stereocenters. The van der Waals surface area contributed by atoms with E-state index in [9.17, 15) is 4.79 Å². The van der Waals surface area contributed by atoms with Crippen molar-refractivity contribution in [2.45, 2.75) is 6.92 Å². The van der Waals surface area contributed by atoms with Crippen molar-refractivity contribution in [3.05, 3.63) is 54.2 Å². The van der Waals surface area contributed by atoms with Crippen molar-refractivity contribution in [2.75, 3.05) is 56.3 Å². The number of aryl methyl sites for hydroxylation is 1. The lowest BCUT2D eigenvalue weighted by atomic mass is 10.1. The molecule has 0 atom stereocenters. The van der Waals surface area contributed by atoms with Gasteiger partial charge < -0.3 is 30.3 Å². The summed E-state index contributed by atoms with van der Waals surface area (Å²) in [4.78, 5) is 34.7. The van der Waals surface area contributed by atoms with Gasteiger partial charge in [-0.2, -0.15) is 9.97 Å². The first kappa shape index (κ1) is 24.0. The maximum Gasteiger partial charge on any atom is 0.321 e. The van der Waals surface area contributed by atoms with Crippen LogP contribution in [0.25, 0.3) is 22.4 Å². The summed E-state index contributed by atoms with van der Waals surface area (Å²) >= 11 is 0. The molecule has 0 saturated carbocycles. The molecule has 2 aromatic carbocycles. The smallest absolute Gasteiger partial charge is 0.321 e. The van der Waals surface area contributed by atoms with E-state index in [1.54, 1.807) is 25.3 Å². The van der Waals surface area contributed by atoms with Gasteiger partial charge in [0, 0.05) is 37.4 Å². The standard InChI is InChI=1S/C26H28N8O3/c1-16-4-7-18(8-5-16)29-26(35)34-12-10-33(11-13-34)24-22-23(31-25(27)32-24)28-15-19(30-22)17-6-9-20(36-2)21(14-17)37-3/h4-9,14-15H,10-13H2,1-3H3,(H,29,35)(H2,27,28,31,32). The van der Waals surface area contributed by atoms with Gasteiger partial charge in [0.1, 0.15) is 0 Å². The van der Waals surface area contributed by atoms with Gasteiger partial charge in [0.2, 0.25) is 5.95 Å². The molecule has 5 rings (SSSR count). The topological polar surface area (TPSA) is 132 Å². The van der Waals surface area contributed by atoms with Crippen LogP contribution in [0.1, 0.15) is 5.56 Å². The number of nitrogens with two attached hydrogens (primary N) is 1. The molecule has 3 heterocycles. The van der Waals surface area contributed by atoms with Crippen LogP contribution in [0.5, 0.6) is 11.5 Å². The Balaban J connectivity index is 1.37. The zero-order valence-corrected chi connectivity index (χ0v) is 20.9. The van der Waals surface area contributed by atoms with Crippen molar-refractivity contribution in [1.82, 2.24) is 24.8 Å². The summed E-state index contributed by atoms with van der Waals surface area (Å²) in [6.07, 6.45) is 1.65. The molecule has 11 heteroatoms. The third kappa shape index (κ3) is 5.01. The van der Waals surface area contributed by atoms with E-state index in [4.69, 9.17) is 20.2 Å². The average molecular weight is 501 g/mol. The summed E-state index contributed by atoms with van der Waals surface area (Å²) in [5.74, 6) is 1.93. The zero-order chi connectivity index (χ0) is 25.9. The van der Waals surface area contributed by atoms with Gasteiger partial charge in [-0.05, 0) is 37.3 Å². The molecule has 1 aliphatic heterocycles. The Kier molecular flexibility index (Phi) is 6.59. The van der Waals surface area contributed by atoms with E-state index in [1.807, 2.05) is 49.4 Å². The Labute approximate surface area is 214 Å². The predicted octanol–water partition coefficient (Wildman–Crippen LogP) is 3.35. The number of carbonyl (C=O) groups excluding carboxylic acids is 1. The summed E-state index contributed by atoms with van der Waals surface area (Å²) < 4.78 is 10.8. The van der Waals surface area contributed by atoms with Gasteiger partial charge in [-0.1, -0.05) is 17.7 Å². The summed E-state index contributed by atoms with van der Waals surface area (Å²) in [6, 6.07) is 13.2. The highest BCUT2D eigenvalue weighted by Gasteiger charge is 2.25. The molecule has 190 valence electrons. The van der Waals surface area contributed by atoms with E-state index in [-0.39, 0.29) is 12.0 Å². The second kappa shape index (κ2) is 10.1. The van der Waals surface area contributed by atoms with Gasteiger partial charge in [0.15, 0.2) is 28.5 Å². The Morgan fingerprint density at radius 3 is 2.38 bits per heavy atom. The summed E-state index contributed by atoms with van der Waals surface area (Å²) in [5, 5.41) is 2.96. The average Bonchev–Trinajstić information content (AvgIpc) is 2.93. The van der Waals surface area contributed by atoms with Crippen LogP contribution in [-0.2, 0) is 0 Å². The van der Waals surface area contributed by atoms with Crippen LogP contribution in [0, 0.1) is 6.92 Å². The number of ether oxygens (including phenoxy) is 2. The van der Waals surface area contributed by atoms with E-state index in [0.717, 1.165) is 16.8 Å². The predicted molar refractivity (Wildman–Crippen MR) is 142 cm³/mol. The van der Waals surface area contributed by atoms with Crippen molar-refractivity contribution >= 4 is 34.6 Å². The minimum Gasteiger partial charge on any atom is -0.493 e. The van der Waals surface area contributed by atoms with Gasteiger partial charge in [-0.3, -0.25) is 0 Å². The monoisotopic (exact) mass is 500 g/mol. The lowest BCUT2D eigenvalue weighted by Crippen LogP contribution is -2.50. The highest BCUT2D eigenvalue weighted by atomic mass is 16.5. The van der Waals surface area contributed by atoms with E-state index in [0.29, 0.717) is 60.4 Å². The van der Waals surface area contributed by atoms with Crippen LogP contribution in [0.3, 0.4) is 0 Å². The molecule has 1 fully saturated rings. The van der Waals surface area contributed by atoms with E-state index < -0.39 is 0 Å². The number of urea groups is 1. The van der Waals surface area contributed by atoms with Gasteiger partial charge in [-0.15, -0.1) is 0 Å². The van der Waals surface area contributed by atoms with Crippen molar-refractivity contribution in [3.63, 3.8) is 0 Å². The quantitative estimate of drug-likeness (QED) is 0.423. The molecule has 37 heavy (non-hydrogen) atoms. The number of nitrogens with one attached hydrogen (secondary N) is 1. The molecular weight excluding hydrogens is 472 g/mol. The summed E-state index contributed by atoms with van der Waals surface area (Å²) in [5.41, 5.74) is 10.3. The third-order valence-electron chi connectivity index (χ3n) is 6.25. The maximum absolute atomic E-state index is 12.8. The SMILES string of the molecule is COc1ccc(-c2cnc3nc(N)nc(N4CCN(C(=O)Nc5ccc(C)cc5)CC4)c3n2)cc1OC. The number of piperazine rings is 1. The van der Waals surface area contributed by atoms with Gasteiger partial charge in [-0.25, -0.2) is 14.8 Å². The molecular formula is C26H28N8O3. The molecule has 1 aliphatic rings. The van der Waals surface area contributed by atoms with Crippen LogP contribution in [0.2, 0.25) is 0 Å². The first-order chi connectivity index (χ1) is 17.9. The van der Waals surface area contributed by atoms with Crippen LogP contribution in [-0.4, -0.2) is 71.3 Å². The molecule has 1 saturated heterocycles. The number of amides is 2. The number of rotatable bonds is 5. The van der Waals surface area contributed by atoms with Crippen LogP contribution in [0.15, 0.2) is 48.7 Å². The normalized spacial score (nSPS) is 13.5. The molecule has 0 radical (unpaired) electrons. The number of anilines is 3. The lowest BCUT2D eigenvalue weighted by Gasteiger charge is -2.35. The largest absolute Gasteiger partial charge is 0.493 e. The van der Waals surface area contributed by atoms with E-state index in [1.165, 1.54) is 0 Å². The number of benzene rings is 2. The number of methoxy groups -OCH3 is 2. The fourth-order valence-corrected chi connectivity index (χ4v) is 4.23. The number of fused-ring (bicyclic) bond motifs is 1. The highest BCUT2D eigenvalue weighted by molar-refractivity contribution is 5.90. The number of hydrogen-bond acceptors (Lipinski definition) is 9. The van der Waals surface area contributed by atoms with Gasteiger partial charge >= 0.3 is 6.03 Å². The van der Waals surface area contributed by atoms with Crippen LogP contribution < -0.4 is 25.4 Å². The molecule has 0 bridgehead atoms. The minimum absolute atomic E-state index is 0.121. The number of nitrogens with zero attached hydrogens (tertiary/aromatic N) is 6. The number of carbonyl (C=O) groups is 1. The van der Waals surface area contributed by atoms with Crippen LogP contribution >= 0.6 is 0 Å². The Morgan fingerprint density at radius 2 is 1.68 bits per heavy atom. The first-order valence-electron chi connectivity index (χ1n) is 11.9. The van der Waals surface area contributed by atoms with Crippen molar-refractivity contribution < 1.29 is 14.3 Å². The molecule has 0 aliphatic carbocycles. The third-order valence-corrected chi connectivity index (χ3v) is 6.25. The maximum atomic E-state index is 12.8. The van der Waals surface area contributed by atoms with Crippen LogP contribution in [0.4, 0.5) is 22.2 Å². The fourth-order valence-electron chi connectivity index (χ4n) is 4.23. The summed E-state index contributed by atoms with van der Waals surface area (Å²) in [7, 11) is 3.18. The minimum atomic E-state index is -0.133. The number of aromatic nitrogens is 4. The van der Waals surface area contributed by atoms with Gasteiger partial charge in [0.05, 0.1) is 26.1 Å². The zero-order valence-electron chi connectivity index (χ0n) is 20.9. The molecule has 3 N–H and O–H groups in total. The number of hydrogen-bond donors (Lipinski definition) is 2. The molecule has 2 amide bonds. The molecule has 11 nitrogen and oxygen atoms in total. The molecule has 4 aromatic rings. The van der Waals surface area contributed by atoms with Crippen molar-refractivity contribution in [1.29, 1.82) is 0 Å². The van der Waals surface area contributed by atoms with E-state index >= 15 is 0 Å². The summed E-state index contributed by atoms with van der Waals surface area (Å²) in [6.45, 7) is 4.18. The van der Waals surface area contributed by atoms with E-state index in [2.05, 4.69) is 25.2 Å². The van der Waals surface area contributed by atoms with Crippen molar-refractivity contribution in [3.8, 4) is 22.8 Å². The Morgan fingerprint density at radius 1 is 0.946 bits per heavy atom. The van der Waals surface area contributed by atoms with Crippen molar-refractivity contribution in [2.24, 2.45) is 0 Å². The Bertz CT molecular complexity index is 1440. The molecule has 0 spiro atoms. The Hall–Kier alpha value is -4.67. The number of nitrogen functional groups attached to an aromatic ring is 1. The first-order valence-corrected chi connectivity index (χ1v) is 11.9. The second-order valence-electron chi connectivity index (χ2n) is 8.67. The lowest BCUT2D eigenvalue weighted by molar-refractivity contribution is 0.208. The molecule has 2 aromatic heterocycles.